The maximum atomic E-state index is 14.1. The standard InChI is InChI=1S/C22H17F2N2O/c1-14-8-9-25-21(10-14)27-20-5-3-4-19-22(20)15(2)12-26(19)13-16-6-7-17(23)11-18(16)24/h3-12H,1,13H2,2H3. The third kappa shape index (κ3) is 3.40. The molecule has 0 aliphatic rings. The van der Waals surface area contributed by atoms with Gasteiger partial charge < -0.3 is 9.30 Å². The van der Waals surface area contributed by atoms with E-state index in [0.29, 0.717) is 23.7 Å². The van der Waals surface area contributed by atoms with Crippen LogP contribution in [0.25, 0.3) is 10.9 Å². The molecule has 27 heavy (non-hydrogen) atoms. The lowest BCUT2D eigenvalue weighted by molar-refractivity contribution is 0.468. The fourth-order valence-corrected chi connectivity index (χ4v) is 3.19. The van der Waals surface area contributed by atoms with Crippen LogP contribution >= 0.6 is 0 Å². The van der Waals surface area contributed by atoms with Crippen molar-refractivity contribution in [3.05, 3.63) is 96.2 Å². The van der Waals surface area contributed by atoms with Crippen molar-refractivity contribution in [2.45, 2.75) is 13.5 Å². The maximum absolute atomic E-state index is 14.1. The summed E-state index contributed by atoms with van der Waals surface area (Å²) in [6.07, 6.45) is 3.58. The molecule has 2 aromatic heterocycles. The van der Waals surface area contributed by atoms with Crippen molar-refractivity contribution in [3.63, 3.8) is 0 Å². The van der Waals surface area contributed by atoms with Crippen molar-refractivity contribution in [1.82, 2.24) is 9.55 Å². The Balaban J connectivity index is 1.74. The molecule has 0 fully saturated rings. The number of benzene rings is 2. The summed E-state index contributed by atoms with van der Waals surface area (Å²) >= 11 is 0. The van der Waals surface area contributed by atoms with Crippen LogP contribution in [0, 0.1) is 25.5 Å². The van der Waals surface area contributed by atoms with Gasteiger partial charge in [-0.1, -0.05) is 12.1 Å². The predicted octanol–water partition coefficient (Wildman–Crippen LogP) is 5.65. The lowest BCUT2D eigenvalue weighted by atomic mass is 10.1. The number of rotatable bonds is 4. The van der Waals surface area contributed by atoms with E-state index in [1.165, 1.54) is 12.1 Å². The van der Waals surface area contributed by atoms with Gasteiger partial charge in [-0.25, -0.2) is 13.8 Å². The number of ether oxygens (including phenoxy) is 1. The lowest BCUT2D eigenvalue weighted by Gasteiger charge is -2.09. The van der Waals surface area contributed by atoms with E-state index in [2.05, 4.69) is 11.9 Å². The predicted molar refractivity (Wildman–Crippen MR) is 101 cm³/mol. The van der Waals surface area contributed by atoms with Crippen LogP contribution in [0.5, 0.6) is 11.6 Å². The molecule has 2 heterocycles. The van der Waals surface area contributed by atoms with Gasteiger partial charge in [0.2, 0.25) is 5.88 Å². The molecule has 2 aromatic carbocycles. The maximum Gasteiger partial charge on any atom is 0.219 e. The molecule has 4 aromatic rings. The Bertz CT molecular complexity index is 1130. The van der Waals surface area contributed by atoms with Gasteiger partial charge in [0.05, 0.1) is 12.1 Å². The zero-order chi connectivity index (χ0) is 19.0. The molecule has 135 valence electrons. The van der Waals surface area contributed by atoms with E-state index in [4.69, 9.17) is 4.74 Å². The minimum absolute atomic E-state index is 0.298. The number of fused-ring (bicyclic) bond motifs is 1. The van der Waals surface area contributed by atoms with Crippen molar-refractivity contribution < 1.29 is 13.5 Å². The summed E-state index contributed by atoms with van der Waals surface area (Å²) in [5.41, 5.74) is 3.13. The number of hydrogen-bond acceptors (Lipinski definition) is 2. The molecule has 0 aliphatic carbocycles. The summed E-state index contributed by atoms with van der Waals surface area (Å²) in [5.74, 6) is -0.00727. The number of halogens is 2. The van der Waals surface area contributed by atoms with Gasteiger partial charge in [-0.3, -0.25) is 0 Å². The molecule has 0 unspecified atom stereocenters. The van der Waals surface area contributed by atoms with Gasteiger partial charge in [-0.15, -0.1) is 0 Å². The van der Waals surface area contributed by atoms with Crippen LogP contribution in [0.4, 0.5) is 8.78 Å². The molecular formula is C22H17F2N2O. The van der Waals surface area contributed by atoms with Crippen LogP contribution in [0.1, 0.15) is 16.7 Å². The highest BCUT2D eigenvalue weighted by Gasteiger charge is 2.13. The van der Waals surface area contributed by atoms with Crippen molar-refractivity contribution in [2.24, 2.45) is 0 Å². The molecule has 3 nitrogen and oxygen atoms in total. The summed E-state index contributed by atoms with van der Waals surface area (Å²) < 4.78 is 35.1. The van der Waals surface area contributed by atoms with Gasteiger partial charge in [-0.2, -0.15) is 0 Å². The molecule has 0 atom stereocenters. The Hall–Kier alpha value is -3.21. The molecule has 4 rings (SSSR count). The summed E-state index contributed by atoms with van der Waals surface area (Å²) in [6, 6.07) is 12.9. The number of hydrogen-bond donors (Lipinski definition) is 0. The van der Waals surface area contributed by atoms with E-state index in [-0.39, 0.29) is 0 Å². The fourth-order valence-electron chi connectivity index (χ4n) is 3.19. The number of aryl methyl sites for hydroxylation is 1. The second kappa shape index (κ2) is 6.83. The Morgan fingerprint density at radius 2 is 1.96 bits per heavy atom. The average molecular weight is 363 g/mol. The number of nitrogens with zero attached hydrogens (tertiary/aromatic N) is 2. The van der Waals surface area contributed by atoms with Crippen molar-refractivity contribution in [2.75, 3.05) is 0 Å². The Labute approximate surface area is 155 Å². The van der Waals surface area contributed by atoms with E-state index in [0.717, 1.165) is 28.1 Å². The zero-order valence-corrected chi connectivity index (χ0v) is 14.7. The van der Waals surface area contributed by atoms with Gasteiger partial charge >= 0.3 is 0 Å². The third-order valence-corrected chi connectivity index (χ3v) is 4.43. The summed E-state index contributed by atoms with van der Waals surface area (Å²) in [5, 5.41) is 0.927. The highest BCUT2D eigenvalue weighted by molar-refractivity contribution is 5.90. The van der Waals surface area contributed by atoms with E-state index < -0.39 is 11.6 Å². The highest BCUT2D eigenvalue weighted by Crippen LogP contribution is 2.33. The fraction of sp³-hybridized carbons (Fsp3) is 0.0909. The molecule has 1 radical (unpaired) electrons. The first-order valence-corrected chi connectivity index (χ1v) is 8.49. The molecule has 0 saturated heterocycles. The number of aromatic nitrogens is 2. The first-order valence-electron chi connectivity index (χ1n) is 8.49. The number of pyridine rings is 1. The molecule has 0 aliphatic heterocycles. The smallest absolute Gasteiger partial charge is 0.219 e. The van der Waals surface area contributed by atoms with Gasteiger partial charge in [0.1, 0.15) is 17.4 Å². The first-order chi connectivity index (χ1) is 13.0. The summed E-state index contributed by atoms with van der Waals surface area (Å²) in [7, 11) is 0. The van der Waals surface area contributed by atoms with Crippen LogP contribution in [-0.4, -0.2) is 9.55 Å². The van der Waals surface area contributed by atoms with Crippen LogP contribution in [0.3, 0.4) is 0 Å². The average Bonchev–Trinajstić information content (AvgIpc) is 2.94. The Morgan fingerprint density at radius 3 is 2.74 bits per heavy atom. The monoisotopic (exact) mass is 363 g/mol. The third-order valence-electron chi connectivity index (χ3n) is 4.43. The first kappa shape index (κ1) is 17.2. The van der Waals surface area contributed by atoms with Crippen LogP contribution in [0.15, 0.2) is 60.9 Å². The minimum atomic E-state index is -0.583. The van der Waals surface area contributed by atoms with Crippen LogP contribution < -0.4 is 4.74 Å². The molecule has 0 N–H and O–H groups in total. The molecule has 0 bridgehead atoms. The van der Waals surface area contributed by atoms with E-state index in [9.17, 15) is 8.78 Å². The van der Waals surface area contributed by atoms with Crippen LogP contribution in [0.2, 0.25) is 0 Å². The Kier molecular flexibility index (Phi) is 4.36. The summed E-state index contributed by atoms with van der Waals surface area (Å²) in [4.78, 5) is 4.21. The van der Waals surface area contributed by atoms with Gasteiger partial charge in [0, 0.05) is 35.5 Å². The second-order valence-electron chi connectivity index (χ2n) is 6.43. The lowest BCUT2D eigenvalue weighted by Crippen LogP contribution is -2.01. The van der Waals surface area contributed by atoms with E-state index in [1.807, 2.05) is 35.9 Å². The van der Waals surface area contributed by atoms with Crippen molar-refractivity contribution in [3.8, 4) is 11.6 Å². The van der Waals surface area contributed by atoms with E-state index in [1.54, 1.807) is 18.3 Å². The molecule has 0 saturated carbocycles. The molecular weight excluding hydrogens is 346 g/mol. The topological polar surface area (TPSA) is 27.1 Å². The molecule has 0 spiro atoms. The van der Waals surface area contributed by atoms with Crippen molar-refractivity contribution in [1.29, 1.82) is 0 Å². The quantitative estimate of drug-likeness (QED) is 0.469. The van der Waals surface area contributed by atoms with E-state index >= 15 is 0 Å². The van der Waals surface area contributed by atoms with Gasteiger partial charge in [0.15, 0.2) is 0 Å². The van der Waals surface area contributed by atoms with Crippen molar-refractivity contribution >= 4 is 10.9 Å². The summed E-state index contributed by atoms with van der Waals surface area (Å²) in [6.45, 7) is 6.15. The normalized spacial score (nSPS) is 11.1. The molecule has 5 heteroatoms. The minimum Gasteiger partial charge on any atom is -0.438 e. The van der Waals surface area contributed by atoms with Gasteiger partial charge in [0.25, 0.3) is 0 Å². The molecule has 0 amide bonds. The largest absolute Gasteiger partial charge is 0.438 e. The SMILES string of the molecule is [CH2]c1ccnc(Oc2cccc3c2c(C)cn3Cc2ccc(F)cc2F)c1. The Morgan fingerprint density at radius 1 is 1.11 bits per heavy atom. The highest BCUT2D eigenvalue weighted by atomic mass is 19.1. The van der Waals surface area contributed by atoms with Crippen LogP contribution in [-0.2, 0) is 6.54 Å². The van der Waals surface area contributed by atoms with Gasteiger partial charge in [-0.05, 0) is 49.2 Å². The second-order valence-corrected chi connectivity index (χ2v) is 6.43. The zero-order valence-electron chi connectivity index (χ0n) is 14.7.